The average molecular weight is 328 g/mol. The van der Waals surface area contributed by atoms with Gasteiger partial charge in [0.05, 0.1) is 17.4 Å². The Bertz CT molecular complexity index is 703. The molecule has 0 aliphatic rings. The molecular formula is C18H20N2O4. The van der Waals surface area contributed by atoms with Crippen LogP contribution >= 0.6 is 0 Å². The topological polar surface area (TPSA) is 92.5 Å². The number of non-ortho nitro benzene ring substituents is 1. The molecule has 0 aliphatic carbocycles. The second kappa shape index (κ2) is 8.21. The number of amides is 1. The minimum atomic E-state index is -0.653. The third-order valence-corrected chi connectivity index (χ3v) is 3.65. The van der Waals surface area contributed by atoms with Crippen LogP contribution in [0, 0.1) is 10.1 Å². The van der Waals surface area contributed by atoms with Crippen LogP contribution in [0.15, 0.2) is 54.6 Å². The summed E-state index contributed by atoms with van der Waals surface area (Å²) in [6.45, 7) is 1.82. The largest absolute Gasteiger partial charge is 0.388 e. The van der Waals surface area contributed by atoms with Crippen molar-refractivity contribution in [3.8, 4) is 0 Å². The van der Waals surface area contributed by atoms with E-state index in [1.807, 2.05) is 37.3 Å². The van der Waals surface area contributed by atoms with Crippen LogP contribution in [0.25, 0.3) is 0 Å². The quantitative estimate of drug-likeness (QED) is 0.604. The van der Waals surface area contributed by atoms with E-state index in [0.29, 0.717) is 12.0 Å². The third kappa shape index (κ3) is 5.17. The summed E-state index contributed by atoms with van der Waals surface area (Å²) in [5.41, 5.74) is 1.35. The highest BCUT2D eigenvalue weighted by atomic mass is 16.6. The van der Waals surface area contributed by atoms with E-state index < -0.39 is 11.0 Å². The van der Waals surface area contributed by atoms with E-state index in [1.54, 1.807) is 12.1 Å². The number of aliphatic hydroxyl groups is 1. The molecule has 0 bridgehead atoms. The zero-order valence-corrected chi connectivity index (χ0v) is 13.4. The molecule has 0 saturated carbocycles. The molecule has 0 unspecified atom stereocenters. The van der Waals surface area contributed by atoms with Gasteiger partial charge in [-0.05, 0) is 24.5 Å². The SMILES string of the molecule is C[C@@H](C[C@H](O)c1ccccc1)NC(=O)Cc1cccc([N+](=O)[O-])c1. The van der Waals surface area contributed by atoms with Crippen LogP contribution in [0.4, 0.5) is 5.69 Å². The lowest BCUT2D eigenvalue weighted by atomic mass is 10.0. The second-order valence-corrected chi connectivity index (χ2v) is 5.73. The normalized spacial score (nSPS) is 13.1. The van der Waals surface area contributed by atoms with Crippen LogP contribution in [0.1, 0.15) is 30.6 Å². The Balaban J connectivity index is 1.87. The first-order valence-corrected chi connectivity index (χ1v) is 7.71. The van der Waals surface area contributed by atoms with Crippen LogP contribution in [0.2, 0.25) is 0 Å². The molecule has 2 N–H and O–H groups in total. The molecule has 0 saturated heterocycles. The van der Waals surface area contributed by atoms with Gasteiger partial charge in [-0.1, -0.05) is 42.5 Å². The molecule has 0 fully saturated rings. The first kappa shape index (κ1) is 17.6. The molecule has 1 amide bonds. The number of carbonyl (C=O) groups excluding carboxylic acids is 1. The van der Waals surface area contributed by atoms with Gasteiger partial charge in [0.1, 0.15) is 0 Å². The van der Waals surface area contributed by atoms with Crippen LogP contribution in [-0.4, -0.2) is 22.0 Å². The Labute approximate surface area is 140 Å². The van der Waals surface area contributed by atoms with Crippen molar-refractivity contribution in [2.45, 2.75) is 31.9 Å². The van der Waals surface area contributed by atoms with Crippen LogP contribution < -0.4 is 5.32 Å². The van der Waals surface area contributed by atoms with Gasteiger partial charge in [0.25, 0.3) is 5.69 Å². The van der Waals surface area contributed by atoms with Gasteiger partial charge < -0.3 is 10.4 Å². The molecule has 2 aromatic carbocycles. The third-order valence-electron chi connectivity index (χ3n) is 3.65. The first-order chi connectivity index (χ1) is 11.5. The lowest BCUT2D eigenvalue weighted by Crippen LogP contribution is -2.34. The summed E-state index contributed by atoms with van der Waals surface area (Å²) in [5.74, 6) is -0.233. The summed E-state index contributed by atoms with van der Waals surface area (Å²) in [6, 6.07) is 15.0. The van der Waals surface area contributed by atoms with E-state index in [0.717, 1.165) is 5.56 Å². The molecule has 0 spiro atoms. The van der Waals surface area contributed by atoms with E-state index in [1.165, 1.54) is 12.1 Å². The lowest BCUT2D eigenvalue weighted by molar-refractivity contribution is -0.384. The standard InChI is InChI=1S/C18H20N2O4/c1-13(10-17(21)15-7-3-2-4-8-15)19-18(22)12-14-6-5-9-16(11-14)20(23)24/h2-9,11,13,17,21H,10,12H2,1H3,(H,19,22)/t13-,17-/m0/s1. The van der Waals surface area contributed by atoms with Gasteiger partial charge in [0.2, 0.25) is 5.91 Å². The summed E-state index contributed by atoms with van der Waals surface area (Å²) in [4.78, 5) is 22.3. The van der Waals surface area contributed by atoms with Crippen molar-refractivity contribution >= 4 is 11.6 Å². The van der Waals surface area contributed by atoms with Crippen molar-refractivity contribution in [2.75, 3.05) is 0 Å². The van der Waals surface area contributed by atoms with Crippen molar-refractivity contribution in [3.05, 3.63) is 75.8 Å². The molecule has 0 aliphatic heterocycles. The van der Waals surface area contributed by atoms with Crippen LogP contribution in [0.5, 0.6) is 0 Å². The highest BCUT2D eigenvalue weighted by molar-refractivity contribution is 5.79. The zero-order valence-electron chi connectivity index (χ0n) is 13.4. The Kier molecular flexibility index (Phi) is 6.03. The van der Waals surface area contributed by atoms with E-state index in [-0.39, 0.29) is 24.1 Å². The number of hydrogen-bond acceptors (Lipinski definition) is 4. The molecule has 24 heavy (non-hydrogen) atoms. The van der Waals surface area contributed by atoms with Crippen LogP contribution in [-0.2, 0) is 11.2 Å². The Morgan fingerprint density at radius 3 is 2.58 bits per heavy atom. The van der Waals surface area contributed by atoms with Gasteiger partial charge in [-0.15, -0.1) is 0 Å². The Morgan fingerprint density at radius 1 is 1.21 bits per heavy atom. The summed E-state index contributed by atoms with van der Waals surface area (Å²) in [5, 5.41) is 23.7. The zero-order chi connectivity index (χ0) is 17.5. The van der Waals surface area contributed by atoms with Crippen molar-refractivity contribution < 1.29 is 14.8 Å². The maximum absolute atomic E-state index is 12.1. The van der Waals surface area contributed by atoms with Crippen molar-refractivity contribution in [1.29, 1.82) is 0 Å². The summed E-state index contributed by atoms with van der Waals surface area (Å²) in [6.07, 6.45) is -0.197. The molecule has 0 aromatic heterocycles. The lowest BCUT2D eigenvalue weighted by Gasteiger charge is -2.18. The van der Waals surface area contributed by atoms with Gasteiger partial charge in [0, 0.05) is 18.2 Å². The number of benzene rings is 2. The predicted molar refractivity (Wildman–Crippen MR) is 90.4 cm³/mol. The number of nitrogens with one attached hydrogen (secondary N) is 1. The minimum Gasteiger partial charge on any atom is -0.388 e. The maximum Gasteiger partial charge on any atom is 0.269 e. The molecule has 126 valence electrons. The average Bonchev–Trinajstić information content (AvgIpc) is 2.55. The fourth-order valence-corrected chi connectivity index (χ4v) is 2.50. The Morgan fingerprint density at radius 2 is 1.92 bits per heavy atom. The number of nitrogens with zero attached hydrogens (tertiary/aromatic N) is 1. The molecule has 0 radical (unpaired) electrons. The van der Waals surface area contributed by atoms with Gasteiger partial charge >= 0.3 is 0 Å². The van der Waals surface area contributed by atoms with Gasteiger partial charge in [-0.3, -0.25) is 14.9 Å². The van der Waals surface area contributed by atoms with Gasteiger partial charge in [0.15, 0.2) is 0 Å². The number of nitro benzene ring substituents is 1. The molecule has 0 heterocycles. The van der Waals surface area contributed by atoms with E-state index in [4.69, 9.17) is 0 Å². The highest BCUT2D eigenvalue weighted by Gasteiger charge is 2.15. The smallest absolute Gasteiger partial charge is 0.269 e. The van der Waals surface area contributed by atoms with Crippen molar-refractivity contribution in [2.24, 2.45) is 0 Å². The number of nitro groups is 1. The molecule has 6 nitrogen and oxygen atoms in total. The summed E-state index contributed by atoms with van der Waals surface area (Å²) < 4.78 is 0. The van der Waals surface area contributed by atoms with Gasteiger partial charge in [-0.2, -0.15) is 0 Å². The Hall–Kier alpha value is -2.73. The van der Waals surface area contributed by atoms with E-state index in [9.17, 15) is 20.0 Å². The fourth-order valence-electron chi connectivity index (χ4n) is 2.50. The van der Waals surface area contributed by atoms with E-state index in [2.05, 4.69) is 5.32 Å². The monoisotopic (exact) mass is 328 g/mol. The fraction of sp³-hybridized carbons (Fsp3) is 0.278. The molecular weight excluding hydrogens is 308 g/mol. The first-order valence-electron chi connectivity index (χ1n) is 7.71. The number of rotatable bonds is 7. The molecule has 2 aromatic rings. The molecule has 2 atom stereocenters. The van der Waals surface area contributed by atoms with Crippen LogP contribution in [0.3, 0.4) is 0 Å². The van der Waals surface area contributed by atoms with Gasteiger partial charge in [-0.25, -0.2) is 0 Å². The minimum absolute atomic E-state index is 0.0344. The number of hydrogen-bond donors (Lipinski definition) is 2. The van der Waals surface area contributed by atoms with Crippen molar-refractivity contribution in [1.82, 2.24) is 5.32 Å². The maximum atomic E-state index is 12.1. The number of aliphatic hydroxyl groups excluding tert-OH is 1. The number of carbonyl (C=O) groups is 1. The molecule has 6 heteroatoms. The van der Waals surface area contributed by atoms with Crippen molar-refractivity contribution in [3.63, 3.8) is 0 Å². The molecule has 2 rings (SSSR count). The van der Waals surface area contributed by atoms with E-state index >= 15 is 0 Å². The predicted octanol–water partition coefficient (Wildman–Crippen LogP) is 2.77. The second-order valence-electron chi connectivity index (χ2n) is 5.73. The highest BCUT2D eigenvalue weighted by Crippen LogP contribution is 2.18. The summed E-state index contributed by atoms with van der Waals surface area (Å²) in [7, 11) is 0. The summed E-state index contributed by atoms with van der Waals surface area (Å²) >= 11 is 0.